The first-order chi connectivity index (χ1) is 8.55. The lowest BCUT2D eigenvalue weighted by Gasteiger charge is -2.47. The molecule has 1 saturated heterocycles. The van der Waals surface area contributed by atoms with Crippen molar-refractivity contribution in [1.82, 2.24) is 0 Å². The van der Waals surface area contributed by atoms with Gasteiger partial charge in [-0.25, -0.2) is 0 Å². The lowest BCUT2D eigenvalue weighted by atomic mass is 9.68. The number of benzene rings is 1. The van der Waals surface area contributed by atoms with Crippen LogP contribution in [0.2, 0.25) is 0 Å². The molecule has 1 atom stereocenters. The summed E-state index contributed by atoms with van der Waals surface area (Å²) in [6.07, 6.45) is 0. The van der Waals surface area contributed by atoms with Crippen LogP contribution in [0.4, 0.5) is 0 Å². The summed E-state index contributed by atoms with van der Waals surface area (Å²) < 4.78 is 11.1. The Balaban J connectivity index is 2.54. The fraction of sp³-hybridized carbons (Fsp3) is 0.600. The molecule has 3 heteroatoms. The molecule has 0 aromatic heterocycles. The van der Waals surface area contributed by atoms with Crippen LogP contribution in [0.1, 0.15) is 23.6 Å². The van der Waals surface area contributed by atoms with Crippen molar-refractivity contribution in [2.45, 2.75) is 26.2 Å². The Morgan fingerprint density at radius 2 is 2.06 bits per heavy atom. The first-order valence-corrected chi connectivity index (χ1v) is 6.48. The summed E-state index contributed by atoms with van der Waals surface area (Å²) in [5.74, 6) is 1.38. The van der Waals surface area contributed by atoms with Crippen molar-refractivity contribution < 1.29 is 9.47 Å². The fourth-order valence-corrected chi connectivity index (χ4v) is 2.85. The predicted molar refractivity (Wildman–Crippen MR) is 73.2 cm³/mol. The van der Waals surface area contributed by atoms with Gasteiger partial charge in [-0.1, -0.05) is 24.6 Å². The second kappa shape index (κ2) is 4.90. The molecule has 0 radical (unpaired) electrons. The third-order valence-corrected chi connectivity index (χ3v) is 4.18. The van der Waals surface area contributed by atoms with Crippen molar-refractivity contribution in [3.63, 3.8) is 0 Å². The van der Waals surface area contributed by atoms with E-state index in [1.807, 2.05) is 0 Å². The minimum atomic E-state index is 0.0247. The van der Waals surface area contributed by atoms with E-state index in [1.165, 1.54) is 16.7 Å². The van der Waals surface area contributed by atoms with E-state index >= 15 is 0 Å². The van der Waals surface area contributed by atoms with E-state index in [4.69, 9.17) is 15.2 Å². The van der Waals surface area contributed by atoms with Crippen molar-refractivity contribution >= 4 is 0 Å². The van der Waals surface area contributed by atoms with Crippen LogP contribution in [0.25, 0.3) is 0 Å². The first kappa shape index (κ1) is 13.4. The van der Waals surface area contributed by atoms with Crippen molar-refractivity contribution in [1.29, 1.82) is 0 Å². The Bertz CT molecular complexity index is 438. The minimum Gasteiger partial charge on any atom is -0.496 e. The van der Waals surface area contributed by atoms with Gasteiger partial charge in [0.15, 0.2) is 0 Å². The maximum Gasteiger partial charge on any atom is 0.125 e. The average molecular weight is 249 g/mol. The van der Waals surface area contributed by atoms with E-state index in [0.717, 1.165) is 19.0 Å². The summed E-state index contributed by atoms with van der Waals surface area (Å²) in [4.78, 5) is 0. The van der Waals surface area contributed by atoms with Crippen LogP contribution in [0.3, 0.4) is 0 Å². The number of rotatable bonds is 4. The Kier molecular flexibility index (Phi) is 3.64. The molecule has 1 aliphatic rings. The van der Waals surface area contributed by atoms with E-state index in [-0.39, 0.29) is 5.41 Å². The lowest BCUT2D eigenvalue weighted by molar-refractivity contribution is -0.0863. The van der Waals surface area contributed by atoms with Crippen molar-refractivity contribution in [2.75, 3.05) is 26.9 Å². The van der Waals surface area contributed by atoms with Gasteiger partial charge in [-0.3, -0.25) is 0 Å². The standard InChI is InChI=1S/C15H23NO2/c1-10-5-11(2)14(17-4)13(6-10)15(8-18-9-15)12(3)7-16/h5-6,12H,7-9,16H2,1-4H3. The van der Waals surface area contributed by atoms with Gasteiger partial charge in [0.05, 0.1) is 20.3 Å². The van der Waals surface area contributed by atoms with E-state index in [0.29, 0.717) is 12.5 Å². The number of hydrogen-bond donors (Lipinski definition) is 1. The molecule has 2 N–H and O–H groups in total. The monoisotopic (exact) mass is 249 g/mol. The van der Waals surface area contributed by atoms with E-state index in [2.05, 4.69) is 32.9 Å². The zero-order chi connectivity index (χ0) is 13.3. The third kappa shape index (κ3) is 1.91. The molecule has 1 fully saturated rings. The molecule has 18 heavy (non-hydrogen) atoms. The van der Waals surface area contributed by atoms with Gasteiger partial charge < -0.3 is 15.2 Å². The maximum atomic E-state index is 5.88. The van der Waals surface area contributed by atoms with E-state index < -0.39 is 0 Å². The normalized spacial score (nSPS) is 19.2. The number of hydrogen-bond acceptors (Lipinski definition) is 3. The Labute approximate surface area is 109 Å². The van der Waals surface area contributed by atoms with Crippen LogP contribution in [-0.4, -0.2) is 26.9 Å². The molecule has 1 unspecified atom stereocenters. The summed E-state index contributed by atoms with van der Waals surface area (Å²) in [7, 11) is 1.74. The smallest absolute Gasteiger partial charge is 0.125 e. The van der Waals surface area contributed by atoms with Crippen LogP contribution in [0.5, 0.6) is 5.75 Å². The molecule has 0 spiro atoms. The van der Waals surface area contributed by atoms with Gasteiger partial charge in [0.1, 0.15) is 5.75 Å². The molecule has 0 aliphatic carbocycles. The Morgan fingerprint density at radius 3 is 2.50 bits per heavy atom. The number of ether oxygens (including phenoxy) is 2. The highest BCUT2D eigenvalue weighted by atomic mass is 16.5. The van der Waals surface area contributed by atoms with Crippen LogP contribution in [0, 0.1) is 19.8 Å². The second-order valence-electron chi connectivity index (χ2n) is 5.45. The lowest BCUT2D eigenvalue weighted by Crippen LogP contribution is -2.53. The van der Waals surface area contributed by atoms with Gasteiger partial charge >= 0.3 is 0 Å². The van der Waals surface area contributed by atoms with Crippen molar-refractivity contribution in [3.05, 3.63) is 28.8 Å². The molecule has 0 amide bonds. The van der Waals surface area contributed by atoms with Gasteiger partial charge in [0.25, 0.3) is 0 Å². The average Bonchev–Trinajstić information content (AvgIpc) is 2.26. The molecule has 2 rings (SSSR count). The zero-order valence-corrected chi connectivity index (χ0v) is 11.7. The van der Waals surface area contributed by atoms with Crippen LogP contribution >= 0.6 is 0 Å². The molecule has 1 aliphatic heterocycles. The summed E-state index contributed by atoms with van der Waals surface area (Å²) in [6.45, 7) is 8.56. The summed E-state index contributed by atoms with van der Waals surface area (Å²) in [6, 6.07) is 4.38. The maximum absolute atomic E-state index is 5.88. The SMILES string of the molecule is COc1c(C)cc(C)cc1C1(C(C)CN)COC1. The topological polar surface area (TPSA) is 44.5 Å². The molecule has 0 saturated carbocycles. The highest BCUT2D eigenvalue weighted by Gasteiger charge is 2.46. The van der Waals surface area contributed by atoms with E-state index in [1.54, 1.807) is 7.11 Å². The molecular formula is C15H23NO2. The quantitative estimate of drug-likeness (QED) is 0.889. The summed E-state index contributed by atoms with van der Waals surface area (Å²) in [5, 5.41) is 0. The molecular weight excluding hydrogens is 226 g/mol. The minimum absolute atomic E-state index is 0.0247. The Morgan fingerprint density at radius 1 is 1.39 bits per heavy atom. The molecule has 100 valence electrons. The van der Waals surface area contributed by atoms with Crippen molar-refractivity contribution in [2.24, 2.45) is 11.7 Å². The van der Waals surface area contributed by atoms with Gasteiger partial charge in [-0.15, -0.1) is 0 Å². The second-order valence-corrected chi connectivity index (χ2v) is 5.45. The van der Waals surface area contributed by atoms with Crippen LogP contribution in [-0.2, 0) is 10.2 Å². The highest BCUT2D eigenvalue weighted by Crippen LogP contribution is 2.44. The molecule has 1 aromatic rings. The molecule has 0 bridgehead atoms. The first-order valence-electron chi connectivity index (χ1n) is 6.48. The predicted octanol–water partition coefficient (Wildman–Crippen LogP) is 2.17. The van der Waals surface area contributed by atoms with Gasteiger partial charge in [0.2, 0.25) is 0 Å². The van der Waals surface area contributed by atoms with Crippen LogP contribution in [0.15, 0.2) is 12.1 Å². The Hall–Kier alpha value is -1.06. The number of aryl methyl sites for hydroxylation is 2. The van der Waals surface area contributed by atoms with Gasteiger partial charge in [-0.05, 0) is 31.9 Å². The van der Waals surface area contributed by atoms with E-state index in [9.17, 15) is 0 Å². The molecule has 1 aromatic carbocycles. The highest BCUT2D eigenvalue weighted by molar-refractivity contribution is 5.49. The van der Waals surface area contributed by atoms with Gasteiger partial charge in [0, 0.05) is 11.0 Å². The van der Waals surface area contributed by atoms with Crippen LogP contribution < -0.4 is 10.5 Å². The molecule has 3 nitrogen and oxygen atoms in total. The summed E-state index contributed by atoms with van der Waals surface area (Å²) in [5.41, 5.74) is 9.60. The zero-order valence-electron chi connectivity index (χ0n) is 11.7. The largest absolute Gasteiger partial charge is 0.496 e. The van der Waals surface area contributed by atoms with Crippen molar-refractivity contribution in [3.8, 4) is 5.75 Å². The fourth-order valence-electron chi connectivity index (χ4n) is 2.85. The number of methoxy groups -OCH3 is 1. The number of nitrogens with two attached hydrogens (primary N) is 1. The van der Waals surface area contributed by atoms with Gasteiger partial charge in [-0.2, -0.15) is 0 Å². The molecule has 1 heterocycles. The summed E-state index contributed by atoms with van der Waals surface area (Å²) >= 11 is 0. The third-order valence-electron chi connectivity index (χ3n) is 4.18.